The molecule has 19 heavy (non-hydrogen) atoms. The SMILES string of the molecule is CCNC1CCN(c2nccc(C(F)(F)F)n2)CC1. The fraction of sp³-hybridized carbons (Fsp3) is 0.667. The highest BCUT2D eigenvalue weighted by Crippen LogP contribution is 2.28. The molecule has 0 saturated carbocycles. The maximum atomic E-state index is 12.6. The third-order valence-electron chi connectivity index (χ3n) is 3.20. The molecule has 106 valence electrons. The average Bonchev–Trinajstić information content (AvgIpc) is 2.39. The van der Waals surface area contributed by atoms with Crippen LogP contribution in [0.3, 0.4) is 0 Å². The molecule has 0 aromatic carbocycles. The van der Waals surface area contributed by atoms with Gasteiger partial charge in [-0.25, -0.2) is 9.97 Å². The normalized spacial score (nSPS) is 17.8. The van der Waals surface area contributed by atoms with Crippen molar-refractivity contribution in [3.8, 4) is 0 Å². The first-order valence-corrected chi connectivity index (χ1v) is 6.39. The Morgan fingerprint density at radius 3 is 2.63 bits per heavy atom. The molecule has 0 unspecified atom stereocenters. The summed E-state index contributed by atoms with van der Waals surface area (Å²) in [6, 6.07) is 1.33. The lowest BCUT2D eigenvalue weighted by atomic mass is 10.1. The van der Waals surface area contributed by atoms with Crippen LogP contribution in [0, 0.1) is 0 Å². The fourth-order valence-electron chi connectivity index (χ4n) is 2.23. The van der Waals surface area contributed by atoms with Gasteiger partial charge in [-0.2, -0.15) is 13.2 Å². The number of rotatable bonds is 3. The Kier molecular flexibility index (Phi) is 4.24. The van der Waals surface area contributed by atoms with Gasteiger partial charge in [0.15, 0.2) is 0 Å². The smallest absolute Gasteiger partial charge is 0.341 e. The molecule has 1 saturated heterocycles. The minimum atomic E-state index is -4.42. The summed E-state index contributed by atoms with van der Waals surface area (Å²) in [6.45, 7) is 4.31. The molecule has 0 aliphatic carbocycles. The number of piperidine rings is 1. The highest BCUT2D eigenvalue weighted by atomic mass is 19.4. The van der Waals surface area contributed by atoms with Gasteiger partial charge in [-0.1, -0.05) is 6.92 Å². The molecule has 0 amide bonds. The van der Waals surface area contributed by atoms with Gasteiger partial charge in [-0.3, -0.25) is 0 Å². The number of hydrogen-bond acceptors (Lipinski definition) is 4. The maximum absolute atomic E-state index is 12.6. The molecule has 1 aromatic rings. The second kappa shape index (κ2) is 5.73. The van der Waals surface area contributed by atoms with Gasteiger partial charge in [-0.05, 0) is 25.5 Å². The van der Waals surface area contributed by atoms with E-state index in [1.807, 2.05) is 11.8 Å². The maximum Gasteiger partial charge on any atom is 0.433 e. The van der Waals surface area contributed by atoms with Crippen LogP contribution in [0.1, 0.15) is 25.5 Å². The van der Waals surface area contributed by atoms with Gasteiger partial charge in [-0.15, -0.1) is 0 Å². The zero-order chi connectivity index (χ0) is 13.9. The zero-order valence-electron chi connectivity index (χ0n) is 10.7. The minimum Gasteiger partial charge on any atom is -0.341 e. The summed E-state index contributed by atoms with van der Waals surface area (Å²) in [4.78, 5) is 9.36. The Labute approximate surface area is 110 Å². The number of hydrogen-bond donors (Lipinski definition) is 1. The Balaban J connectivity index is 2.03. The van der Waals surface area contributed by atoms with Crippen molar-refractivity contribution in [3.05, 3.63) is 18.0 Å². The van der Waals surface area contributed by atoms with Crippen LogP contribution in [0.25, 0.3) is 0 Å². The van der Waals surface area contributed by atoms with Crippen molar-refractivity contribution in [2.75, 3.05) is 24.5 Å². The lowest BCUT2D eigenvalue weighted by Crippen LogP contribution is -2.43. The van der Waals surface area contributed by atoms with E-state index in [0.29, 0.717) is 19.1 Å². The Morgan fingerprint density at radius 2 is 2.05 bits per heavy atom. The molecule has 1 aliphatic heterocycles. The third kappa shape index (κ3) is 3.56. The van der Waals surface area contributed by atoms with E-state index in [0.717, 1.165) is 25.5 Å². The molecule has 1 fully saturated rings. The van der Waals surface area contributed by atoms with Gasteiger partial charge >= 0.3 is 6.18 Å². The number of anilines is 1. The highest BCUT2D eigenvalue weighted by Gasteiger charge is 2.33. The van der Waals surface area contributed by atoms with E-state index < -0.39 is 11.9 Å². The first kappa shape index (κ1) is 14.0. The van der Waals surface area contributed by atoms with E-state index in [9.17, 15) is 13.2 Å². The van der Waals surface area contributed by atoms with Crippen molar-refractivity contribution in [2.45, 2.75) is 32.0 Å². The standard InChI is InChI=1S/C12H17F3N4/c1-2-16-9-4-7-19(8-5-9)11-17-6-3-10(18-11)12(13,14)15/h3,6,9,16H,2,4-5,7-8H2,1H3. The lowest BCUT2D eigenvalue weighted by molar-refractivity contribution is -0.141. The number of nitrogens with zero attached hydrogens (tertiary/aromatic N) is 3. The van der Waals surface area contributed by atoms with E-state index in [4.69, 9.17) is 0 Å². The van der Waals surface area contributed by atoms with E-state index in [1.165, 1.54) is 6.20 Å². The second-order valence-corrected chi connectivity index (χ2v) is 4.56. The Hall–Kier alpha value is -1.37. The van der Waals surface area contributed by atoms with E-state index in [2.05, 4.69) is 15.3 Å². The quantitative estimate of drug-likeness (QED) is 0.916. The molecular formula is C12H17F3N4. The molecule has 0 radical (unpaired) electrons. The molecule has 1 N–H and O–H groups in total. The van der Waals surface area contributed by atoms with Crippen LogP contribution in [0.4, 0.5) is 19.1 Å². The minimum absolute atomic E-state index is 0.171. The number of halogens is 3. The zero-order valence-corrected chi connectivity index (χ0v) is 10.7. The van der Waals surface area contributed by atoms with Gasteiger partial charge in [0.05, 0.1) is 0 Å². The van der Waals surface area contributed by atoms with Crippen LogP contribution >= 0.6 is 0 Å². The molecule has 2 heterocycles. The number of alkyl halides is 3. The van der Waals surface area contributed by atoms with Crippen molar-refractivity contribution in [1.29, 1.82) is 0 Å². The van der Waals surface area contributed by atoms with Gasteiger partial charge in [0.1, 0.15) is 5.69 Å². The fourth-order valence-corrected chi connectivity index (χ4v) is 2.23. The lowest BCUT2D eigenvalue weighted by Gasteiger charge is -2.32. The molecule has 4 nitrogen and oxygen atoms in total. The summed E-state index contributed by atoms with van der Waals surface area (Å²) in [5, 5.41) is 3.34. The van der Waals surface area contributed by atoms with Crippen LogP contribution in [-0.2, 0) is 6.18 Å². The first-order chi connectivity index (χ1) is 9.00. The van der Waals surface area contributed by atoms with Gasteiger partial charge < -0.3 is 10.2 Å². The molecule has 0 atom stereocenters. The molecule has 0 bridgehead atoms. The van der Waals surface area contributed by atoms with Crippen molar-refractivity contribution < 1.29 is 13.2 Å². The molecule has 7 heteroatoms. The third-order valence-corrected chi connectivity index (χ3v) is 3.20. The van der Waals surface area contributed by atoms with Gasteiger partial charge in [0, 0.05) is 25.3 Å². The van der Waals surface area contributed by atoms with Crippen molar-refractivity contribution in [1.82, 2.24) is 15.3 Å². The largest absolute Gasteiger partial charge is 0.433 e. The van der Waals surface area contributed by atoms with Crippen LogP contribution in [-0.4, -0.2) is 35.6 Å². The van der Waals surface area contributed by atoms with Crippen LogP contribution in [0.15, 0.2) is 12.3 Å². The van der Waals surface area contributed by atoms with E-state index >= 15 is 0 Å². The number of aromatic nitrogens is 2. The van der Waals surface area contributed by atoms with Gasteiger partial charge in [0.2, 0.25) is 5.95 Å². The van der Waals surface area contributed by atoms with Crippen molar-refractivity contribution >= 4 is 5.95 Å². The second-order valence-electron chi connectivity index (χ2n) is 4.56. The topological polar surface area (TPSA) is 41.0 Å². The van der Waals surface area contributed by atoms with Crippen molar-refractivity contribution in [3.63, 3.8) is 0 Å². The van der Waals surface area contributed by atoms with Crippen LogP contribution in [0.2, 0.25) is 0 Å². The van der Waals surface area contributed by atoms with Crippen molar-refractivity contribution in [2.24, 2.45) is 0 Å². The molecule has 1 aliphatic rings. The summed E-state index contributed by atoms with van der Waals surface area (Å²) >= 11 is 0. The predicted molar refractivity (Wildman–Crippen MR) is 65.9 cm³/mol. The summed E-state index contributed by atoms with van der Waals surface area (Å²) in [7, 11) is 0. The monoisotopic (exact) mass is 274 g/mol. The predicted octanol–water partition coefficient (Wildman–Crippen LogP) is 2.07. The van der Waals surface area contributed by atoms with Crippen LogP contribution < -0.4 is 10.2 Å². The summed E-state index contributed by atoms with van der Waals surface area (Å²) in [5.41, 5.74) is -0.883. The van der Waals surface area contributed by atoms with Crippen LogP contribution in [0.5, 0.6) is 0 Å². The Bertz CT molecular complexity index is 414. The molecule has 1 aromatic heterocycles. The van der Waals surface area contributed by atoms with Gasteiger partial charge in [0.25, 0.3) is 0 Å². The highest BCUT2D eigenvalue weighted by molar-refractivity contribution is 5.31. The first-order valence-electron chi connectivity index (χ1n) is 6.39. The molecule has 0 spiro atoms. The summed E-state index contributed by atoms with van der Waals surface area (Å²) in [5.74, 6) is 0.171. The number of nitrogens with one attached hydrogen (secondary N) is 1. The molecular weight excluding hydrogens is 257 g/mol. The summed E-state index contributed by atoms with van der Waals surface area (Å²) < 4.78 is 37.7. The van der Waals surface area contributed by atoms with E-state index in [1.54, 1.807) is 0 Å². The Morgan fingerprint density at radius 1 is 1.37 bits per heavy atom. The summed E-state index contributed by atoms with van der Waals surface area (Å²) in [6.07, 6.45) is -1.46. The van der Waals surface area contributed by atoms with E-state index in [-0.39, 0.29) is 5.95 Å². The molecule has 2 rings (SSSR count). The average molecular weight is 274 g/mol.